The molecule has 3 saturated carbocycles. The number of aliphatic carboxylic acids is 1. The molecule has 4 rings (SSSR count). The third-order valence-electron chi connectivity index (χ3n) is 10.5. The van der Waals surface area contributed by atoms with Crippen molar-refractivity contribution in [3.8, 4) is 0 Å². The van der Waals surface area contributed by atoms with Gasteiger partial charge in [0.25, 0.3) is 0 Å². The number of ketones is 2. The van der Waals surface area contributed by atoms with Crippen molar-refractivity contribution in [2.24, 2.45) is 28.6 Å². The maximum absolute atomic E-state index is 13.8. The molecule has 10 heteroatoms. The van der Waals surface area contributed by atoms with Gasteiger partial charge in [0.05, 0.1) is 6.42 Å². The van der Waals surface area contributed by atoms with Crippen molar-refractivity contribution < 1.29 is 43.3 Å². The monoisotopic (exact) mass is 559 g/mol. The highest BCUT2D eigenvalue weighted by Crippen LogP contribution is 2.68. The van der Waals surface area contributed by atoms with Gasteiger partial charge in [0.2, 0.25) is 11.7 Å². The van der Waals surface area contributed by atoms with Crippen molar-refractivity contribution in [1.82, 2.24) is 5.32 Å². The molecule has 7 unspecified atom stereocenters. The topological polar surface area (TPSA) is 153 Å². The normalized spacial score (nSPS) is 35.2. The van der Waals surface area contributed by atoms with E-state index in [0.29, 0.717) is 31.1 Å². The van der Waals surface area contributed by atoms with Gasteiger partial charge in [0, 0.05) is 25.2 Å². The Morgan fingerprint density at radius 1 is 1.02 bits per heavy atom. The SMILES string of the molecule is CC(=O)OC1(C(=O)COC(=O)CCC(=O)NC(C)C(=O)O)CCC2C3CCC4=CC(=O)CCC4(C)C3CCC21C. The standard InChI is InChI=1S/C30H41NO9/c1-17(27(37)38)31-25(35)7-8-26(36)39-16-24(34)30(40-18(2)32)14-11-23-21-6-5-19-15-20(33)9-12-28(19,3)22(21)10-13-29(23,30)4/h15,17,21-23H,5-14,16H2,1-4H3,(H,31,35)(H,37,38). The first-order valence-corrected chi connectivity index (χ1v) is 14.4. The Bertz CT molecular complexity index is 1140. The molecule has 7 atom stereocenters. The number of hydrogen-bond donors (Lipinski definition) is 2. The largest absolute Gasteiger partial charge is 0.480 e. The highest BCUT2D eigenvalue weighted by molar-refractivity contribution is 5.94. The van der Waals surface area contributed by atoms with Gasteiger partial charge < -0.3 is 19.9 Å². The number of carboxylic acid groups (broad SMARTS) is 1. The third-order valence-corrected chi connectivity index (χ3v) is 10.5. The average molecular weight is 560 g/mol. The molecule has 0 aromatic heterocycles. The minimum Gasteiger partial charge on any atom is -0.480 e. The van der Waals surface area contributed by atoms with E-state index in [9.17, 15) is 28.8 Å². The maximum Gasteiger partial charge on any atom is 0.325 e. The molecule has 3 fully saturated rings. The summed E-state index contributed by atoms with van der Waals surface area (Å²) in [5.74, 6) is -2.48. The highest BCUT2D eigenvalue weighted by Gasteiger charge is 2.68. The fourth-order valence-corrected chi connectivity index (χ4v) is 8.41. The van der Waals surface area contributed by atoms with Crippen LogP contribution >= 0.6 is 0 Å². The Labute approximate surface area is 234 Å². The zero-order valence-corrected chi connectivity index (χ0v) is 23.9. The number of fused-ring (bicyclic) bond motifs is 5. The molecular weight excluding hydrogens is 518 g/mol. The number of hydrogen-bond acceptors (Lipinski definition) is 8. The van der Waals surface area contributed by atoms with Crippen LogP contribution in [0.15, 0.2) is 11.6 Å². The van der Waals surface area contributed by atoms with E-state index in [-0.39, 0.29) is 30.0 Å². The van der Waals surface area contributed by atoms with E-state index in [1.54, 1.807) is 0 Å². The van der Waals surface area contributed by atoms with Crippen LogP contribution < -0.4 is 5.32 Å². The van der Waals surface area contributed by atoms with Crippen molar-refractivity contribution >= 4 is 35.4 Å². The fourth-order valence-electron chi connectivity index (χ4n) is 8.41. The highest BCUT2D eigenvalue weighted by atomic mass is 16.6. The zero-order valence-electron chi connectivity index (χ0n) is 23.9. The van der Waals surface area contributed by atoms with Gasteiger partial charge in [-0.05, 0) is 81.1 Å². The molecular formula is C30H41NO9. The van der Waals surface area contributed by atoms with Crippen molar-refractivity contribution in [2.45, 2.75) is 104 Å². The van der Waals surface area contributed by atoms with E-state index in [0.717, 1.165) is 32.1 Å². The summed E-state index contributed by atoms with van der Waals surface area (Å²) >= 11 is 0. The third kappa shape index (κ3) is 5.21. The number of allylic oxidation sites excluding steroid dienone is 1. The van der Waals surface area contributed by atoms with Gasteiger partial charge >= 0.3 is 17.9 Å². The number of nitrogens with one attached hydrogen (secondary N) is 1. The number of rotatable bonds is 9. The van der Waals surface area contributed by atoms with Gasteiger partial charge in [-0.1, -0.05) is 19.4 Å². The summed E-state index contributed by atoms with van der Waals surface area (Å²) in [4.78, 5) is 73.3. The van der Waals surface area contributed by atoms with Crippen LogP contribution in [0.5, 0.6) is 0 Å². The minimum absolute atomic E-state index is 0.0288. The molecule has 0 saturated heterocycles. The molecule has 2 N–H and O–H groups in total. The number of amides is 1. The van der Waals surface area contributed by atoms with Crippen LogP contribution in [0.2, 0.25) is 0 Å². The molecule has 0 radical (unpaired) electrons. The molecule has 0 spiro atoms. The maximum atomic E-state index is 13.8. The summed E-state index contributed by atoms with van der Waals surface area (Å²) in [6.45, 7) is 6.36. The van der Waals surface area contributed by atoms with Gasteiger partial charge in [-0.15, -0.1) is 0 Å². The smallest absolute Gasteiger partial charge is 0.325 e. The van der Waals surface area contributed by atoms with Gasteiger partial charge in [-0.2, -0.15) is 0 Å². The lowest BCUT2D eigenvalue weighted by atomic mass is 9.46. The Morgan fingerprint density at radius 2 is 1.73 bits per heavy atom. The van der Waals surface area contributed by atoms with Crippen LogP contribution in [0.25, 0.3) is 0 Å². The molecule has 4 aliphatic rings. The predicted octanol–water partition coefficient (Wildman–Crippen LogP) is 3.30. The molecule has 4 aliphatic carbocycles. The lowest BCUT2D eigenvalue weighted by molar-refractivity contribution is -0.191. The molecule has 10 nitrogen and oxygen atoms in total. The van der Waals surface area contributed by atoms with E-state index < -0.39 is 53.3 Å². The quantitative estimate of drug-likeness (QED) is 0.405. The molecule has 0 bridgehead atoms. The van der Waals surface area contributed by atoms with Crippen molar-refractivity contribution in [3.05, 3.63) is 11.6 Å². The molecule has 0 aromatic rings. The summed E-state index contributed by atoms with van der Waals surface area (Å²) in [5.41, 5.74) is -0.785. The number of carbonyl (C=O) groups is 6. The second-order valence-corrected chi connectivity index (χ2v) is 12.6. The van der Waals surface area contributed by atoms with Crippen molar-refractivity contribution in [1.29, 1.82) is 0 Å². The van der Waals surface area contributed by atoms with E-state index in [1.165, 1.54) is 19.4 Å². The Balaban J connectivity index is 1.46. The summed E-state index contributed by atoms with van der Waals surface area (Å²) in [5, 5.41) is 11.2. The second kappa shape index (κ2) is 11.1. The van der Waals surface area contributed by atoms with Crippen LogP contribution in [0.4, 0.5) is 0 Å². The van der Waals surface area contributed by atoms with Gasteiger partial charge in [0.15, 0.2) is 18.0 Å². The predicted molar refractivity (Wildman–Crippen MR) is 142 cm³/mol. The van der Waals surface area contributed by atoms with Crippen LogP contribution in [0.3, 0.4) is 0 Å². The number of esters is 2. The molecule has 0 aromatic carbocycles. The summed E-state index contributed by atoms with van der Waals surface area (Å²) in [6.07, 6.45) is 7.11. The molecule has 40 heavy (non-hydrogen) atoms. The Kier molecular flexibility index (Phi) is 8.30. The minimum atomic E-state index is -1.40. The van der Waals surface area contributed by atoms with Crippen LogP contribution in [0, 0.1) is 28.6 Å². The molecule has 0 aliphatic heterocycles. The number of carboxylic acids is 1. The molecule has 1 amide bonds. The van der Waals surface area contributed by atoms with E-state index in [1.807, 2.05) is 13.0 Å². The van der Waals surface area contributed by atoms with E-state index in [4.69, 9.17) is 14.6 Å². The first-order chi connectivity index (χ1) is 18.7. The first-order valence-electron chi connectivity index (χ1n) is 14.4. The fraction of sp³-hybridized carbons (Fsp3) is 0.733. The lowest BCUT2D eigenvalue weighted by Crippen LogP contribution is -2.59. The Morgan fingerprint density at radius 3 is 2.40 bits per heavy atom. The Hall–Kier alpha value is -3.04. The molecule has 0 heterocycles. The second-order valence-electron chi connectivity index (χ2n) is 12.6. The van der Waals surface area contributed by atoms with Crippen molar-refractivity contribution in [3.63, 3.8) is 0 Å². The molecule has 220 valence electrons. The van der Waals surface area contributed by atoms with Gasteiger partial charge in [-0.25, -0.2) is 0 Å². The number of ether oxygens (including phenoxy) is 2. The average Bonchev–Trinajstić information content (AvgIpc) is 3.18. The van der Waals surface area contributed by atoms with E-state index in [2.05, 4.69) is 12.2 Å². The zero-order chi connectivity index (χ0) is 29.5. The summed E-state index contributed by atoms with van der Waals surface area (Å²) in [6, 6.07) is -1.09. The number of Topliss-reactive ketones (excluding diaryl/α,β-unsaturated/α-hetero) is 1. The summed E-state index contributed by atoms with van der Waals surface area (Å²) in [7, 11) is 0. The van der Waals surface area contributed by atoms with Crippen LogP contribution in [-0.2, 0) is 38.2 Å². The lowest BCUT2D eigenvalue weighted by Gasteiger charge is -2.59. The summed E-state index contributed by atoms with van der Waals surface area (Å²) < 4.78 is 11.1. The van der Waals surface area contributed by atoms with E-state index >= 15 is 0 Å². The van der Waals surface area contributed by atoms with Crippen molar-refractivity contribution in [2.75, 3.05) is 6.61 Å². The van der Waals surface area contributed by atoms with Crippen LogP contribution in [0.1, 0.15) is 91.9 Å². The first kappa shape index (κ1) is 29.9. The van der Waals surface area contributed by atoms with Gasteiger partial charge in [0.1, 0.15) is 6.04 Å². The van der Waals surface area contributed by atoms with Crippen LogP contribution in [-0.4, -0.2) is 58.7 Å². The van der Waals surface area contributed by atoms with Gasteiger partial charge in [-0.3, -0.25) is 28.8 Å². The number of carbonyl (C=O) groups excluding carboxylic acids is 5.